The molecule has 0 saturated carbocycles. The van der Waals surface area contributed by atoms with E-state index in [4.69, 9.17) is 9.47 Å². The summed E-state index contributed by atoms with van der Waals surface area (Å²) in [7, 11) is 4.74. The molecule has 1 aliphatic heterocycles. The number of hydrogen-bond acceptors (Lipinski definition) is 6. The quantitative estimate of drug-likeness (QED) is 0.683. The third-order valence-electron chi connectivity index (χ3n) is 4.74. The molecule has 1 N–H and O–H groups in total. The van der Waals surface area contributed by atoms with Crippen molar-refractivity contribution < 1.29 is 19.1 Å². The Kier molecular flexibility index (Phi) is 5.33. The molecule has 0 bridgehead atoms. The Hall–Kier alpha value is -3.52. The van der Waals surface area contributed by atoms with E-state index in [1.807, 2.05) is 12.1 Å². The Morgan fingerprint density at radius 1 is 1.10 bits per heavy atom. The van der Waals surface area contributed by atoms with Crippen LogP contribution in [0.2, 0.25) is 0 Å². The van der Waals surface area contributed by atoms with E-state index in [0.717, 1.165) is 10.6 Å². The molecule has 2 heterocycles. The molecule has 0 atom stereocenters. The number of nitrogens with zero attached hydrogens (tertiary/aromatic N) is 2. The van der Waals surface area contributed by atoms with Gasteiger partial charge in [0.1, 0.15) is 5.03 Å². The van der Waals surface area contributed by atoms with Gasteiger partial charge >= 0.3 is 0 Å². The zero-order chi connectivity index (χ0) is 21.3. The fourth-order valence-electron chi connectivity index (χ4n) is 3.24. The summed E-state index contributed by atoms with van der Waals surface area (Å²) in [6.45, 7) is 0. The molecule has 2 amide bonds. The van der Waals surface area contributed by atoms with E-state index in [-0.39, 0.29) is 11.8 Å². The first-order valence-corrected chi connectivity index (χ1v) is 9.92. The summed E-state index contributed by atoms with van der Waals surface area (Å²) in [4.78, 5) is 32.4. The zero-order valence-electron chi connectivity index (χ0n) is 16.6. The molecule has 4 rings (SSSR count). The lowest BCUT2D eigenvalue weighted by Gasteiger charge is -2.18. The maximum absolute atomic E-state index is 12.9. The zero-order valence-corrected chi connectivity index (χ0v) is 17.4. The molecule has 0 radical (unpaired) electrons. The Balaban J connectivity index is 1.67. The molecular formula is C22H19N3O4S. The van der Waals surface area contributed by atoms with Crippen LogP contribution in [0, 0.1) is 0 Å². The van der Waals surface area contributed by atoms with Gasteiger partial charge in [0, 0.05) is 23.8 Å². The second kappa shape index (κ2) is 8.08. The lowest BCUT2D eigenvalue weighted by molar-refractivity contribution is 0.0987. The maximum atomic E-state index is 12.9. The van der Waals surface area contributed by atoms with Crippen molar-refractivity contribution in [1.82, 2.24) is 4.98 Å². The first-order valence-electron chi connectivity index (χ1n) is 9.10. The van der Waals surface area contributed by atoms with Crippen LogP contribution in [-0.4, -0.2) is 38.1 Å². The standard InChI is InChI=1S/C22H19N3O4S/c1-25-16-10-9-13(12-18(16)30-21-15(22(25)27)7-5-11-23-21)24-20(26)14-6-4-8-17(28-2)19(14)29-3/h4-12H,1-3H3,(H,24,26). The number of rotatable bonds is 4. The number of hydrogen-bond donors (Lipinski definition) is 1. The normalized spacial score (nSPS) is 12.5. The molecule has 1 aromatic heterocycles. The Labute approximate surface area is 178 Å². The second-order valence-corrected chi connectivity index (χ2v) is 7.53. The molecule has 0 saturated heterocycles. The first kappa shape index (κ1) is 19.8. The van der Waals surface area contributed by atoms with Crippen molar-refractivity contribution >= 4 is 35.0 Å². The molecule has 1 aliphatic rings. The minimum Gasteiger partial charge on any atom is -0.493 e. The van der Waals surface area contributed by atoms with Crippen molar-refractivity contribution in [3.63, 3.8) is 0 Å². The molecule has 7 nitrogen and oxygen atoms in total. The summed E-state index contributed by atoms with van der Waals surface area (Å²) in [5, 5.41) is 3.52. The summed E-state index contributed by atoms with van der Waals surface area (Å²) >= 11 is 1.39. The number of aromatic nitrogens is 1. The highest BCUT2D eigenvalue weighted by Gasteiger charge is 2.26. The van der Waals surface area contributed by atoms with Gasteiger partial charge in [-0.3, -0.25) is 9.59 Å². The van der Waals surface area contributed by atoms with Gasteiger partial charge in [0.2, 0.25) is 0 Å². The first-order chi connectivity index (χ1) is 14.5. The molecule has 30 heavy (non-hydrogen) atoms. The molecule has 8 heteroatoms. The van der Waals surface area contributed by atoms with Crippen molar-refractivity contribution in [2.75, 3.05) is 31.5 Å². The molecule has 0 fully saturated rings. The largest absolute Gasteiger partial charge is 0.493 e. The third-order valence-corrected chi connectivity index (χ3v) is 5.81. The lowest BCUT2D eigenvalue weighted by Crippen LogP contribution is -2.26. The maximum Gasteiger partial charge on any atom is 0.260 e. The SMILES string of the molecule is COc1cccc(C(=O)Nc2ccc3c(c2)Sc2ncccc2C(=O)N3C)c1OC. The van der Waals surface area contributed by atoms with Crippen LogP contribution in [0.1, 0.15) is 20.7 Å². The Morgan fingerprint density at radius 2 is 1.93 bits per heavy atom. The monoisotopic (exact) mass is 421 g/mol. The van der Waals surface area contributed by atoms with Crippen LogP contribution in [-0.2, 0) is 0 Å². The molecule has 0 spiro atoms. The van der Waals surface area contributed by atoms with Gasteiger partial charge in [0.15, 0.2) is 11.5 Å². The van der Waals surface area contributed by atoms with Gasteiger partial charge in [0.25, 0.3) is 11.8 Å². The van der Waals surface area contributed by atoms with Crippen molar-refractivity contribution in [2.24, 2.45) is 0 Å². The van der Waals surface area contributed by atoms with E-state index in [2.05, 4.69) is 10.3 Å². The summed E-state index contributed by atoms with van der Waals surface area (Å²) in [5.41, 5.74) is 2.25. The van der Waals surface area contributed by atoms with Gasteiger partial charge in [-0.1, -0.05) is 17.8 Å². The molecule has 2 aromatic carbocycles. The van der Waals surface area contributed by atoms with Crippen molar-refractivity contribution in [3.05, 3.63) is 65.9 Å². The molecule has 152 valence electrons. The highest BCUT2D eigenvalue weighted by atomic mass is 32.2. The molecule has 0 aliphatic carbocycles. The van der Waals surface area contributed by atoms with Gasteiger partial charge < -0.3 is 19.7 Å². The van der Waals surface area contributed by atoms with Gasteiger partial charge in [-0.2, -0.15) is 0 Å². The fraction of sp³-hybridized carbons (Fsp3) is 0.136. The number of para-hydroxylation sites is 1. The molecular weight excluding hydrogens is 402 g/mol. The van der Waals surface area contributed by atoms with E-state index in [9.17, 15) is 9.59 Å². The highest BCUT2D eigenvalue weighted by Crippen LogP contribution is 2.41. The fourth-order valence-corrected chi connectivity index (χ4v) is 4.33. The predicted octanol–water partition coefficient (Wildman–Crippen LogP) is 4.09. The van der Waals surface area contributed by atoms with E-state index < -0.39 is 0 Å². The van der Waals surface area contributed by atoms with Crippen LogP contribution in [0.5, 0.6) is 11.5 Å². The number of nitrogens with one attached hydrogen (secondary N) is 1. The number of methoxy groups -OCH3 is 2. The van der Waals surface area contributed by atoms with E-state index in [1.165, 1.54) is 26.0 Å². The minimum atomic E-state index is -0.327. The number of benzene rings is 2. The van der Waals surface area contributed by atoms with E-state index in [1.54, 1.807) is 54.5 Å². The number of carbonyl (C=O) groups excluding carboxylic acids is 2. The Bertz CT molecular complexity index is 1150. The summed E-state index contributed by atoms with van der Waals surface area (Å²) < 4.78 is 10.6. The number of carbonyl (C=O) groups is 2. The van der Waals surface area contributed by atoms with Crippen molar-refractivity contribution in [3.8, 4) is 11.5 Å². The second-order valence-electron chi connectivity index (χ2n) is 6.50. The van der Waals surface area contributed by atoms with Gasteiger partial charge in [-0.15, -0.1) is 0 Å². The van der Waals surface area contributed by atoms with Gasteiger partial charge in [0.05, 0.1) is 31.0 Å². The van der Waals surface area contributed by atoms with Crippen molar-refractivity contribution in [2.45, 2.75) is 9.92 Å². The lowest BCUT2D eigenvalue weighted by atomic mass is 10.1. The van der Waals surface area contributed by atoms with Crippen molar-refractivity contribution in [1.29, 1.82) is 0 Å². The molecule has 0 unspecified atom stereocenters. The van der Waals surface area contributed by atoms with Crippen LogP contribution in [0.15, 0.2) is 64.6 Å². The summed E-state index contributed by atoms with van der Waals surface area (Å²) in [6.07, 6.45) is 1.66. The predicted molar refractivity (Wildman–Crippen MR) is 115 cm³/mol. The average Bonchev–Trinajstić information content (AvgIpc) is 2.87. The Morgan fingerprint density at radius 3 is 2.70 bits per heavy atom. The van der Waals surface area contributed by atoms with Gasteiger partial charge in [-0.05, 0) is 42.5 Å². The minimum absolute atomic E-state index is 0.123. The summed E-state index contributed by atoms with van der Waals surface area (Å²) in [6, 6.07) is 14.0. The van der Waals surface area contributed by atoms with Crippen LogP contribution < -0.4 is 19.7 Å². The average molecular weight is 421 g/mol. The molecule has 3 aromatic rings. The number of pyridine rings is 1. The number of fused-ring (bicyclic) bond motifs is 2. The topological polar surface area (TPSA) is 80.8 Å². The smallest absolute Gasteiger partial charge is 0.260 e. The highest BCUT2D eigenvalue weighted by molar-refractivity contribution is 7.99. The van der Waals surface area contributed by atoms with Crippen LogP contribution in [0.3, 0.4) is 0 Å². The van der Waals surface area contributed by atoms with Crippen LogP contribution in [0.4, 0.5) is 11.4 Å². The number of anilines is 2. The van der Waals surface area contributed by atoms with E-state index in [0.29, 0.717) is 33.3 Å². The number of amides is 2. The summed E-state index contributed by atoms with van der Waals surface area (Å²) in [5.74, 6) is 0.394. The van der Waals surface area contributed by atoms with E-state index >= 15 is 0 Å². The number of ether oxygens (including phenoxy) is 2. The van der Waals surface area contributed by atoms with Gasteiger partial charge in [-0.25, -0.2) is 4.98 Å². The van der Waals surface area contributed by atoms with Crippen LogP contribution in [0.25, 0.3) is 0 Å². The third kappa shape index (κ3) is 3.46. The van der Waals surface area contributed by atoms with Crippen LogP contribution >= 0.6 is 11.8 Å².